The first-order valence-corrected chi connectivity index (χ1v) is 7.74. The topological polar surface area (TPSA) is 61.2 Å². The molecule has 0 unspecified atom stereocenters. The van der Waals surface area contributed by atoms with Gasteiger partial charge in [-0.05, 0) is 32.4 Å². The molecule has 4 nitrogen and oxygen atoms in total. The third-order valence-electron chi connectivity index (χ3n) is 3.00. The molecule has 5 heteroatoms. The van der Waals surface area contributed by atoms with Gasteiger partial charge in [0.1, 0.15) is 0 Å². The number of rotatable bonds is 5. The van der Waals surface area contributed by atoms with Crippen LogP contribution in [0.3, 0.4) is 0 Å². The van der Waals surface area contributed by atoms with E-state index in [9.17, 15) is 8.42 Å². The molecule has 0 amide bonds. The highest BCUT2D eigenvalue weighted by Crippen LogP contribution is 2.21. The lowest BCUT2D eigenvalue weighted by Gasteiger charge is -2.22. The molecule has 1 atom stereocenters. The van der Waals surface area contributed by atoms with Crippen molar-refractivity contribution in [3.05, 3.63) is 29.3 Å². The van der Waals surface area contributed by atoms with Crippen molar-refractivity contribution in [1.82, 2.24) is 4.31 Å². The van der Waals surface area contributed by atoms with Crippen LogP contribution >= 0.6 is 0 Å². The molecule has 0 aliphatic heterocycles. The van der Waals surface area contributed by atoms with Crippen LogP contribution < -0.4 is 0 Å². The van der Waals surface area contributed by atoms with Gasteiger partial charge < -0.3 is 0 Å². The summed E-state index contributed by atoms with van der Waals surface area (Å²) < 4.78 is 26.5. The lowest BCUT2D eigenvalue weighted by molar-refractivity contribution is 0.399. The Morgan fingerprint density at radius 1 is 1.37 bits per heavy atom. The summed E-state index contributed by atoms with van der Waals surface area (Å²) in [5.41, 5.74) is 1.77. The van der Waals surface area contributed by atoms with Crippen molar-refractivity contribution < 1.29 is 8.42 Å². The number of nitrogens with zero attached hydrogens (tertiary/aromatic N) is 2. The predicted octanol–water partition coefficient (Wildman–Crippen LogP) is 2.47. The second kappa shape index (κ2) is 6.18. The normalized spacial score (nSPS) is 13.3. The molecule has 0 aliphatic carbocycles. The molecular formula is C14H20N2O2S. The van der Waals surface area contributed by atoms with Gasteiger partial charge in [0, 0.05) is 13.1 Å². The van der Waals surface area contributed by atoms with Gasteiger partial charge in [-0.3, -0.25) is 0 Å². The molecule has 0 aromatic heterocycles. The quantitative estimate of drug-likeness (QED) is 0.832. The Morgan fingerprint density at radius 3 is 2.47 bits per heavy atom. The Kier molecular flexibility index (Phi) is 5.10. The number of nitriles is 1. The lowest BCUT2D eigenvalue weighted by atomic mass is 10.2. The van der Waals surface area contributed by atoms with Gasteiger partial charge in [0.25, 0.3) is 0 Å². The van der Waals surface area contributed by atoms with Crippen molar-refractivity contribution in [1.29, 1.82) is 5.26 Å². The summed E-state index contributed by atoms with van der Waals surface area (Å²) in [7, 11) is -3.52. The highest BCUT2D eigenvalue weighted by molar-refractivity contribution is 7.89. The summed E-state index contributed by atoms with van der Waals surface area (Å²) in [4.78, 5) is 0.324. The largest absolute Gasteiger partial charge is 0.243 e. The first-order chi connectivity index (χ1) is 8.82. The van der Waals surface area contributed by atoms with Crippen molar-refractivity contribution in [3.63, 3.8) is 0 Å². The van der Waals surface area contributed by atoms with Gasteiger partial charge in [0.15, 0.2) is 0 Å². The molecular weight excluding hydrogens is 260 g/mol. The van der Waals surface area contributed by atoms with Crippen molar-refractivity contribution in [2.45, 2.75) is 32.6 Å². The van der Waals surface area contributed by atoms with Crippen LogP contribution in [0.5, 0.6) is 0 Å². The lowest BCUT2D eigenvalue weighted by Crippen LogP contribution is -2.34. The van der Waals surface area contributed by atoms with Gasteiger partial charge in [-0.2, -0.15) is 9.57 Å². The maximum Gasteiger partial charge on any atom is 0.243 e. The van der Waals surface area contributed by atoms with E-state index >= 15 is 0 Å². The minimum Gasteiger partial charge on any atom is -0.207 e. The Labute approximate surface area is 115 Å². The van der Waals surface area contributed by atoms with E-state index in [1.54, 1.807) is 32.9 Å². The van der Waals surface area contributed by atoms with Crippen LogP contribution in [0, 0.1) is 31.1 Å². The first kappa shape index (κ1) is 15.7. The van der Waals surface area contributed by atoms with Crippen molar-refractivity contribution in [3.8, 4) is 6.07 Å². The molecule has 0 fully saturated rings. The summed E-state index contributed by atoms with van der Waals surface area (Å²) >= 11 is 0. The molecule has 0 N–H and O–H groups in total. The van der Waals surface area contributed by atoms with Crippen LogP contribution in [0.1, 0.15) is 25.0 Å². The predicted molar refractivity (Wildman–Crippen MR) is 75.1 cm³/mol. The zero-order chi connectivity index (χ0) is 14.6. The van der Waals surface area contributed by atoms with E-state index in [0.717, 1.165) is 11.1 Å². The standard InChI is InChI=1S/C14H20N2O2S/c1-5-16(10-12(3)9-15)19(17,18)14-7-6-11(2)8-13(14)4/h6-8,12H,5,10H2,1-4H3/t12-/m1/s1. The molecule has 1 aromatic carbocycles. The molecule has 0 saturated carbocycles. The van der Waals surface area contributed by atoms with E-state index in [-0.39, 0.29) is 12.5 Å². The summed E-state index contributed by atoms with van der Waals surface area (Å²) in [6, 6.07) is 7.36. The van der Waals surface area contributed by atoms with Crippen LogP contribution in [-0.4, -0.2) is 25.8 Å². The minimum absolute atomic E-state index is 0.225. The highest BCUT2D eigenvalue weighted by atomic mass is 32.2. The Balaban J connectivity index is 3.18. The van der Waals surface area contributed by atoms with E-state index in [1.807, 2.05) is 13.0 Å². The number of sulfonamides is 1. The Morgan fingerprint density at radius 2 is 2.00 bits per heavy atom. The van der Waals surface area contributed by atoms with Crippen molar-refractivity contribution >= 4 is 10.0 Å². The third-order valence-corrected chi connectivity index (χ3v) is 5.10. The monoisotopic (exact) mass is 280 g/mol. The van der Waals surface area contributed by atoms with Crippen LogP contribution in [0.15, 0.2) is 23.1 Å². The SMILES string of the molecule is CCN(C[C@H](C)C#N)S(=O)(=O)c1ccc(C)cc1C. The van der Waals surface area contributed by atoms with E-state index in [1.165, 1.54) is 4.31 Å². The van der Waals surface area contributed by atoms with E-state index < -0.39 is 10.0 Å². The fraction of sp³-hybridized carbons (Fsp3) is 0.500. The maximum absolute atomic E-state index is 12.6. The summed E-state index contributed by atoms with van der Waals surface area (Å²) in [5, 5.41) is 8.83. The van der Waals surface area contributed by atoms with Gasteiger partial charge >= 0.3 is 0 Å². The zero-order valence-electron chi connectivity index (χ0n) is 11.8. The van der Waals surface area contributed by atoms with Gasteiger partial charge in [-0.15, -0.1) is 0 Å². The molecule has 1 aromatic rings. The van der Waals surface area contributed by atoms with Gasteiger partial charge in [0.2, 0.25) is 10.0 Å². The second-order valence-electron chi connectivity index (χ2n) is 4.75. The first-order valence-electron chi connectivity index (χ1n) is 6.30. The zero-order valence-corrected chi connectivity index (χ0v) is 12.7. The second-order valence-corrected chi connectivity index (χ2v) is 6.66. The molecule has 0 heterocycles. The number of hydrogen-bond donors (Lipinski definition) is 0. The minimum atomic E-state index is -3.52. The molecule has 0 bridgehead atoms. The Bertz CT molecular complexity index is 588. The Hall–Kier alpha value is -1.38. The number of aryl methyl sites for hydroxylation is 2. The van der Waals surface area contributed by atoms with Crippen molar-refractivity contribution in [2.24, 2.45) is 5.92 Å². The number of hydrogen-bond acceptors (Lipinski definition) is 3. The molecule has 0 saturated heterocycles. The summed E-state index contributed by atoms with van der Waals surface area (Å²) in [5.74, 6) is -0.319. The average Bonchev–Trinajstić information content (AvgIpc) is 2.34. The van der Waals surface area contributed by atoms with Crippen LogP contribution in [0.25, 0.3) is 0 Å². The van der Waals surface area contributed by atoms with Crippen LogP contribution in [-0.2, 0) is 10.0 Å². The summed E-state index contributed by atoms with van der Waals surface area (Å²) in [6.07, 6.45) is 0. The van der Waals surface area contributed by atoms with E-state index in [0.29, 0.717) is 11.4 Å². The van der Waals surface area contributed by atoms with Crippen molar-refractivity contribution in [2.75, 3.05) is 13.1 Å². The molecule has 0 aliphatic rings. The van der Waals surface area contributed by atoms with Crippen LogP contribution in [0.4, 0.5) is 0 Å². The maximum atomic E-state index is 12.6. The fourth-order valence-electron chi connectivity index (χ4n) is 1.97. The highest BCUT2D eigenvalue weighted by Gasteiger charge is 2.25. The van der Waals surface area contributed by atoms with Crippen LogP contribution in [0.2, 0.25) is 0 Å². The summed E-state index contributed by atoms with van der Waals surface area (Å²) in [6.45, 7) is 7.82. The van der Waals surface area contributed by atoms with E-state index in [2.05, 4.69) is 6.07 Å². The molecule has 104 valence electrons. The fourth-order valence-corrected chi connectivity index (χ4v) is 3.72. The molecule has 0 spiro atoms. The average molecular weight is 280 g/mol. The van der Waals surface area contributed by atoms with Gasteiger partial charge in [-0.25, -0.2) is 8.42 Å². The molecule has 1 rings (SSSR count). The molecule has 0 radical (unpaired) electrons. The van der Waals surface area contributed by atoms with E-state index in [4.69, 9.17) is 5.26 Å². The number of benzene rings is 1. The van der Waals surface area contributed by atoms with Gasteiger partial charge in [0.05, 0.1) is 16.9 Å². The van der Waals surface area contributed by atoms with Gasteiger partial charge in [-0.1, -0.05) is 24.6 Å². The molecule has 19 heavy (non-hydrogen) atoms. The third kappa shape index (κ3) is 3.55. The smallest absolute Gasteiger partial charge is 0.207 e.